The number of carbonyl (C=O) groups excluding carboxylic acids is 1. The van der Waals surface area contributed by atoms with E-state index < -0.39 is 0 Å². The Kier molecular flexibility index (Phi) is 4.22. The van der Waals surface area contributed by atoms with Gasteiger partial charge >= 0.3 is 0 Å². The van der Waals surface area contributed by atoms with Gasteiger partial charge in [0.05, 0.1) is 5.75 Å². The third kappa shape index (κ3) is 3.57. The molecule has 1 amide bonds. The largest absolute Gasteiger partial charge is 0.374 e. The summed E-state index contributed by atoms with van der Waals surface area (Å²) >= 11 is 2.74. The Bertz CT molecular complexity index is 395. The van der Waals surface area contributed by atoms with Crippen molar-refractivity contribution < 1.29 is 4.79 Å². The van der Waals surface area contributed by atoms with Crippen LogP contribution in [0.3, 0.4) is 0 Å². The van der Waals surface area contributed by atoms with E-state index in [-0.39, 0.29) is 5.91 Å². The van der Waals surface area contributed by atoms with Crippen LogP contribution in [0.1, 0.15) is 19.8 Å². The van der Waals surface area contributed by atoms with E-state index >= 15 is 0 Å². The second-order valence-corrected chi connectivity index (χ2v) is 6.51. The van der Waals surface area contributed by atoms with Crippen molar-refractivity contribution >= 4 is 34.1 Å². The fourth-order valence-electron chi connectivity index (χ4n) is 1.91. The molecule has 0 spiro atoms. The van der Waals surface area contributed by atoms with Crippen molar-refractivity contribution in [2.45, 2.75) is 24.1 Å². The maximum absolute atomic E-state index is 12.0. The van der Waals surface area contributed by atoms with Gasteiger partial charge in [-0.25, -0.2) is 0 Å². The summed E-state index contributed by atoms with van der Waals surface area (Å²) in [6, 6.07) is 0. The molecule has 0 saturated carbocycles. The van der Waals surface area contributed by atoms with Gasteiger partial charge in [-0.3, -0.25) is 4.79 Å². The molecule has 1 aliphatic heterocycles. The summed E-state index contributed by atoms with van der Waals surface area (Å²) < 4.78 is 0.765. The molecule has 2 N–H and O–H groups in total. The molecule has 1 aromatic rings. The van der Waals surface area contributed by atoms with Crippen LogP contribution in [0.4, 0.5) is 5.13 Å². The Morgan fingerprint density at radius 1 is 1.65 bits per heavy atom. The molecule has 2 rings (SSSR count). The van der Waals surface area contributed by atoms with Crippen LogP contribution in [0.5, 0.6) is 0 Å². The Morgan fingerprint density at radius 3 is 3.12 bits per heavy atom. The highest BCUT2D eigenvalue weighted by Gasteiger charge is 2.21. The number of thioether (sulfide) groups is 1. The highest BCUT2D eigenvalue weighted by atomic mass is 32.2. The summed E-state index contributed by atoms with van der Waals surface area (Å²) in [6.45, 7) is 3.97. The lowest BCUT2D eigenvalue weighted by Gasteiger charge is -2.30. The molecule has 7 heteroatoms. The monoisotopic (exact) mass is 272 g/mol. The average Bonchev–Trinajstić information content (AvgIpc) is 2.72. The smallest absolute Gasteiger partial charge is 0.233 e. The highest BCUT2D eigenvalue weighted by Crippen LogP contribution is 2.24. The number of nitrogens with zero attached hydrogens (tertiary/aromatic N) is 3. The second kappa shape index (κ2) is 5.68. The molecule has 94 valence electrons. The maximum Gasteiger partial charge on any atom is 0.233 e. The molecule has 0 aliphatic carbocycles. The van der Waals surface area contributed by atoms with Crippen molar-refractivity contribution in [1.82, 2.24) is 15.1 Å². The van der Waals surface area contributed by atoms with Crippen molar-refractivity contribution in [2.24, 2.45) is 5.92 Å². The molecule has 1 fully saturated rings. The van der Waals surface area contributed by atoms with Crippen molar-refractivity contribution in [2.75, 3.05) is 24.6 Å². The van der Waals surface area contributed by atoms with Crippen LogP contribution < -0.4 is 5.73 Å². The number of carbonyl (C=O) groups is 1. The minimum atomic E-state index is 0.190. The van der Waals surface area contributed by atoms with E-state index in [2.05, 4.69) is 17.1 Å². The van der Waals surface area contributed by atoms with E-state index in [4.69, 9.17) is 5.73 Å². The van der Waals surface area contributed by atoms with Gasteiger partial charge in [-0.1, -0.05) is 30.0 Å². The standard InChI is InChI=1S/C10H16N4OS2/c1-7-3-2-4-14(5-7)8(15)6-16-10-13-12-9(11)17-10/h7H,2-6H2,1H3,(H2,11,12)/t7-/m1/s1. The number of nitrogens with two attached hydrogens (primary N) is 1. The number of nitrogen functional groups attached to an aromatic ring is 1. The zero-order chi connectivity index (χ0) is 12.3. The molecule has 17 heavy (non-hydrogen) atoms. The molecule has 0 bridgehead atoms. The van der Waals surface area contributed by atoms with Crippen molar-refractivity contribution in [3.8, 4) is 0 Å². The van der Waals surface area contributed by atoms with Gasteiger partial charge in [-0.2, -0.15) is 0 Å². The van der Waals surface area contributed by atoms with Crippen LogP contribution in [0.2, 0.25) is 0 Å². The van der Waals surface area contributed by atoms with Crippen LogP contribution in [-0.2, 0) is 4.79 Å². The Balaban J connectivity index is 1.80. The van der Waals surface area contributed by atoms with Crippen LogP contribution in [0.25, 0.3) is 0 Å². The number of aromatic nitrogens is 2. The van der Waals surface area contributed by atoms with E-state index in [0.717, 1.165) is 23.8 Å². The van der Waals surface area contributed by atoms with Crippen LogP contribution in [-0.4, -0.2) is 39.8 Å². The van der Waals surface area contributed by atoms with Gasteiger partial charge in [-0.05, 0) is 18.8 Å². The van der Waals surface area contributed by atoms with Gasteiger partial charge in [-0.15, -0.1) is 10.2 Å². The fourth-order valence-corrected chi connectivity index (χ4v) is 3.45. The molecular formula is C10H16N4OS2. The molecule has 0 aromatic carbocycles. The summed E-state index contributed by atoms with van der Waals surface area (Å²) in [5.41, 5.74) is 5.48. The zero-order valence-electron chi connectivity index (χ0n) is 9.76. The first-order chi connectivity index (χ1) is 8.15. The molecule has 1 saturated heterocycles. The number of hydrogen-bond donors (Lipinski definition) is 1. The lowest BCUT2D eigenvalue weighted by atomic mass is 10.0. The quantitative estimate of drug-likeness (QED) is 0.844. The first kappa shape index (κ1) is 12.6. The molecule has 1 atom stereocenters. The number of amides is 1. The first-order valence-electron chi connectivity index (χ1n) is 5.64. The molecule has 2 heterocycles. The van der Waals surface area contributed by atoms with Gasteiger partial charge < -0.3 is 10.6 Å². The molecular weight excluding hydrogens is 256 g/mol. The van der Waals surface area contributed by atoms with Gasteiger partial charge in [0, 0.05) is 13.1 Å². The number of piperidine rings is 1. The Morgan fingerprint density at radius 2 is 2.47 bits per heavy atom. The third-order valence-electron chi connectivity index (χ3n) is 2.75. The first-order valence-corrected chi connectivity index (χ1v) is 7.45. The van der Waals surface area contributed by atoms with Crippen LogP contribution in [0.15, 0.2) is 4.34 Å². The summed E-state index contributed by atoms with van der Waals surface area (Å²) in [5.74, 6) is 1.24. The summed E-state index contributed by atoms with van der Waals surface area (Å²) in [4.78, 5) is 13.9. The van der Waals surface area contributed by atoms with Gasteiger partial charge in [0.25, 0.3) is 0 Å². The summed E-state index contributed by atoms with van der Waals surface area (Å²) in [6.07, 6.45) is 2.34. The minimum Gasteiger partial charge on any atom is -0.374 e. The van der Waals surface area contributed by atoms with Crippen molar-refractivity contribution in [3.05, 3.63) is 0 Å². The fraction of sp³-hybridized carbons (Fsp3) is 0.700. The van der Waals surface area contributed by atoms with Gasteiger partial charge in [0.1, 0.15) is 0 Å². The van der Waals surface area contributed by atoms with Crippen molar-refractivity contribution in [1.29, 1.82) is 0 Å². The Hall–Kier alpha value is -0.820. The number of likely N-dealkylation sites (tertiary alicyclic amines) is 1. The van der Waals surface area contributed by atoms with Crippen molar-refractivity contribution in [3.63, 3.8) is 0 Å². The van der Waals surface area contributed by atoms with Gasteiger partial charge in [0.15, 0.2) is 4.34 Å². The normalized spacial score (nSPS) is 20.5. The summed E-state index contributed by atoms with van der Waals surface area (Å²) in [5, 5.41) is 8.05. The van der Waals surface area contributed by atoms with Crippen LogP contribution >= 0.6 is 23.1 Å². The van der Waals surface area contributed by atoms with E-state index in [9.17, 15) is 4.79 Å². The van der Waals surface area contributed by atoms with E-state index in [1.54, 1.807) is 0 Å². The zero-order valence-corrected chi connectivity index (χ0v) is 11.4. The topological polar surface area (TPSA) is 72.1 Å². The number of anilines is 1. The average molecular weight is 272 g/mol. The molecule has 1 aliphatic rings. The lowest BCUT2D eigenvalue weighted by molar-refractivity contribution is -0.130. The number of rotatable bonds is 3. The molecule has 0 radical (unpaired) electrons. The molecule has 1 aromatic heterocycles. The van der Waals surface area contributed by atoms with Crippen LogP contribution in [0, 0.1) is 5.92 Å². The lowest BCUT2D eigenvalue weighted by Crippen LogP contribution is -2.40. The molecule has 0 unspecified atom stereocenters. The number of hydrogen-bond acceptors (Lipinski definition) is 6. The van der Waals surface area contributed by atoms with E-state index in [1.165, 1.54) is 29.5 Å². The van der Waals surface area contributed by atoms with Gasteiger partial charge in [0.2, 0.25) is 11.0 Å². The van der Waals surface area contributed by atoms with E-state index in [0.29, 0.717) is 16.8 Å². The Labute approximate surface area is 109 Å². The SMILES string of the molecule is C[C@@H]1CCCN(C(=O)CSc2nnc(N)s2)C1. The second-order valence-electron chi connectivity index (χ2n) is 4.28. The predicted molar refractivity (Wildman–Crippen MR) is 70.0 cm³/mol. The predicted octanol–water partition coefficient (Wildman–Crippen LogP) is 1.47. The molecule has 5 nitrogen and oxygen atoms in total. The maximum atomic E-state index is 12.0. The minimum absolute atomic E-state index is 0.190. The third-order valence-corrected chi connectivity index (χ3v) is 4.62. The summed E-state index contributed by atoms with van der Waals surface area (Å²) in [7, 11) is 0. The van der Waals surface area contributed by atoms with E-state index in [1.807, 2.05) is 4.90 Å². The highest BCUT2D eigenvalue weighted by molar-refractivity contribution is 8.01.